The first-order valence-electron chi connectivity index (χ1n) is 9.41. The number of methoxy groups -OCH3 is 1. The second kappa shape index (κ2) is 9.69. The van der Waals surface area contributed by atoms with Crippen LogP contribution in [0.5, 0.6) is 5.75 Å². The van der Waals surface area contributed by atoms with E-state index in [2.05, 4.69) is 14.9 Å². The molecule has 1 aliphatic heterocycles. The molecule has 0 radical (unpaired) electrons. The average Bonchev–Trinajstić information content (AvgIpc) is 3.12. The van der Waals surface area contributed by atoms with Crippen LogP contribution < -0.4 is 10.1 Å². The lowest BCUT2D eigenvalue weighted by molar-refractivity contribution is 0.175. The Labute approximate surface area is 165 Å². The molecule has 1 aromatic heterocycles. The number of carbonyl (C=O) groups excluding carboxylic acids is 1. The number of piperidine rings is 1. The van der Waals surface area contributed by atoms with Crippen molar-refractivity contribution in [3.05, 3.63) is 42.2 Å². The van der Waals surface area contributed by atoms with E-state index in [-0.39, 0.29) is 6.03 Å². The van der Waals surface area contributed by atoms with E-state index in [0.717, 1.165) is 49.0 Å². The van der Waals surface area contributed by atoms with Crippen LogP contribution in [0, 0.1) is 5.92 Å². The fourth-order valence-electron chi connectivity index (χ4n) is 3.20. The molecule has 2 aromatic rings. The number of carbonyl (C=O) groups is 1. The quantitative estimate of drug-likeness (QED) is 0.740. The number of hydrogen-bond acceptors (Lipinski definition) is 4. The lowest BCUT2D eigenvalue weighted by Crippen LogP contribution is -2.45. The van der Waals surface area contributed by atoms with Gasteiger partial charge in [0.15, 0.2) is 5.16 Å². The number of nitrogens with one attached hydrogen (secondary N) is 1. The molecule has 0 bridgehead atoms. The number of likely N-dealkylation sites (tertiary alicyclic amines) is 1. The average molecular weight is 389 g/mol. The van der Waals surface area contributed by atoms with Gasteiger partial charge in [-0.2, -0.15) is 0 Å². The van der Waals surface area contributed by atoms with Crippen molar-refractivity contribution in [2.45, 2.75) is 24.4 Å². The van der Waals surface area contributed by atoms with Crippen LogP contribution in [0.2, 0.25) is 0 Å². The summed E-state index contributed by atoms with van der Waals surface area (Å²) in [6, 6.07) is 8.03. The Kier molecular flexibility index (Phi) is 7.04. The Morgan fingerprint density at radius 3 is 2.67 bits per heavy atom. The summed E-state index contributed by atoms with van der Waals surface area (Å²) in [6.45, 7) is 2.32. The third-order valence-electron chi connectivity index (χ3n) is 4.98. The van der Waals surface area contributed by atoms with E-state index in [9.17, 15) is 4.79 Å². The van der Waals surface area contributed by atoms with Crippen LogP contribution in [0.4, 0.5) is 4.79 Å². The number of rotatable bonds is 7. The summed E-state index contributed by atoms with van der Waals surface area (Å²) in [4.78, 5) is 18.7. The monoisotopic (exact) mass is 388 g/mol. The molecule has 1 fully saturated rings. The largest absolute Gasteiger partial charge is 0.497 e. The Morgan fingerprint density at radius 2 is 2.04 bits per heavy atom. The maximum absolute atomic E-state index is 12.4. The number of nitrogens with zero attached hydrogens (tertiary/aromatic N) is 3. The van der Waals surface area contributed by atoms with E-state index in [4.69, 9.17) is 4.74 Å². The molecule has 0 saturated carbocycles. The fourth-order valence-corrected chi connectivity index (χ4v) is 4.32. The summed E-state index contributed by atoms with van der Waals surface area (Å²) < 4.78 is 7.21. The second-order valence-corrected chi connectivity index (χ2v) is 7.88. The van der Waals surface area contributed by atoms with Gasteiger partial charge in [0.25, 0.3) is 0 Å². The highest BCUT2D eigenvalue weighted by Crippen LogP contribution is 2.25. The predicted molar refractivity (Wildman–Crippen MR) is 108 cm³/mol. The third kappa shape index (κ3) is 5.66. The van der Waals surface area contributed by atoms with Gasteiger partial charge in [0.2, 0.25) is 0 Å². The Hall–Kier alpha value is -2.15. The van der Waals surface area contributed by atoms with E-state index in [1.165, 1.54) is 5.56 Å². The summed E-state index contributed by atoms with van der Waals surface area (Å²) in [5, 5.41) is 4.11. The second-order valence-electron chi connectivity index (χ2n) is 6.89. The SMILES string of the molecule is COc1ccc(CCNC(=O)N2CCC(CSc3nccn3C)CC2)cc1. The fraction of sp³-hybridized carbons (Fsp3) is 0.500. The molecular weight excluding hydrogens is 360 g/mol. The Bertz CT molecular complexity index is 724. The maximum atomic E-state index is 12.4. The number of imidazole rings is 1. The highest BCUT2D eigenvalue weighted by molar-refractivity contribution is 7.99. The van der Waals surface area contributed by atoms with Crippen LogP contribution >= 0.6 is 11.8 Å². The number of amides is 2. The molecule has 0 atom stereocenters. The minimum Gasteiger partial charge on any atom is -0.497 e. The van der Waals surface area contributed by atoms with Gasteiger partial charge in [0, 0.05) is 44.8 Å². The van der Waals surface area contributed by atoms with E-state index >= 15 is 0 Å². The number of thioether (sulfide) groups is 1. The van der Waals surface area contributed by atoms with Gasteiger partial charge >= 0.3 is 6.03 Å². The van der Waals surface area contributed by atoms with Crippen molar-refractivity contribution in [2.75, 3.05) is 32.5 Å². The molecule has 0 spiro atoms. The zero-order valence-electron chi connectivity index (χ0n) is 16.1. The van der Waals surface area contributed by atoms with Crippen molar-refractivity contribution < 1.29 is 9.53 Å². The molecular formula is C20H28N4O2S. The summed E-state index contributed by atoms with van der Waals surface area (Å²) in [7, 11) is 3.68. The predicted octanol–water partition coefficient (Wildman–Crippen LogP) is 3.19. The summed E-state index contributed by atoms with van der Waals surface area (Å²) in [5.41, 5.74) is 1.20. The zero-order chi connectivity index (χ0) is 19.1. The smallest absolute Gasteiger partial charge is 0.317 e. The van der Waals surface area contributed by atoms with Gasteiger partial charge in [0.05, 0.1) is 7.11 Å². The van der Waals surface area contributed by atoms with Crippen molar-refractivity contribution in [1.82, 2.24) is 19.8 Å². The van der Waals surface area contributed by atoms with Crippen molar-refractivity contribution >= 4 is 17.8 Å². The Morgan fingerprint density at radius 1 is 1.30 bits per heavy atom. The van der Waals surface area contributed by atoms with E-state index < -0.39 is 0 Å². The van der Waals surface area contributed by atoms with Crippen LogP contribution in [0.3, 0.4) is 0 Å². The molecule has 7 heteroatoms. The molecule has 3 rings (SSSR count). The normalized spacial score (nSPS) is 15.0. The van der Waals surface area contributed by atoms with Crippen LogP contribution in [0.15, 0.2) is 41.8 Å². The minimum absolute atomic E-state index is 0.0544. The molecule has 6 nitrogen and oxygen atoms in total. The highest BCUT2D eigenvalue weighted by atomic mass is 32.2. The molecule has 0 unspecified atom stereocenters. The lowest BCUT2D eigenvalue weighted by atomic mass is 9.99. The van der Waals surface area contributed by atoms with Gasteiger partial charge in [-0.3, -0.25) is 0 Å². The summed E-state index contributed by atoms with van der Waals surface area (Å²) in [5.74, 6) is 2.57. The van der Waals surface area contributed by atoms with Crippen LogP contribution in [0.25, 0.3) is 0 Å². The van der Waals surface area contributed by atoms with E-state index in [1.807, 2.05) is 60.4 Å². The van der Waals surface area contributed by atoms with Crippen molar-refractivity contribution in [1.29, 1.82) is 0 Å². The van der Waals surface area contributed by atoms with Crippen molar-refractivity contribution in [3.63, 3.8) is 0 Å². The minimum atomic E-state index is 0.0544. The Balaban J connectivity index is 1.33. The van der Waals surface area contributed by atoms with Gasteiger partial charge in [-0.05, 0) is 42.9 Å². The third-order valence-corrected chi connectivity index (χ3v) is 6.27. The van der Waals surface area contributed by atoms with E-state index in [1.54, 1.807) is 7.11 Å². The first kappa shape index (κ1) is 19.6. The van der Waals surface area contributed by atoms with Crippen LogP contribution in [-0.4, -0.2) is 53.0 Å². The molecule has 27 heavy (non-hydrogen) atoms. The van der Waals surface area contributed by atoms with Gasteiger partial charge in [0.1, 0.15) is 5.75 Å². The molecule has 1 aliphatic rings. The van der Waals surface area contributed by atoms with Gasteiger partial charge in [-0.25, -0.2) is 9.78 Å². The van der Waals surface area contributed by atoms with Gasteiger partial charge in [-0.15, -0.1) is 0 Å². The standard InChI is InChI=1S/C20H28N4O2S/c1-23-14-11-22-20(23)27-15-17-8-12-24(13-9-17)19(25)21-10-7-16-3-5-18(26-2)6-4-16/h3-6,11,14,17H,7-10,12-13,15H2,1-2H3,(H,21,25). The van der Waals surface area contributed by atoms with Gasteiger partial charge in [-0.1, -0.05) is 23.9 Å². The summed E-state index contributed by atoms with van der Waals surface area (Å²) in [6.07, 6.45) is 6.75. The van der Waals surface area contributed by atoms with Crippen LogP contribution in [0.1, 0.15) is 18.4 Å². The van der Waals surface area contributed by atoms with Crippen molar-refractivity contribution in [2.24, 2.45) is 13.0 Å². The lowest BCUT2D eigenvalue weighted by Gasteiger charge is -2.31. The highest BCUT2D eigenvalue weighted by Gasteiger charge is 2.23. The number of ether oxygens (including phenoxy) is 1. The van der Waals surface area contributed by atoms with Crippen molar-refractivity contribution in [3.8, 4) is 5.75 Å². The first-order valence-corrected chi connectivity index (χ1v) is 10.4. The maximum Gasteiger partial charge on any atom is 0.317 e. The molecule has 2 amide bonds. The number of benzene rings is 1. The van der Waals surface area contributed by atoms with E-state index in [0.29, 0.717) is 12.5 Å². The van der Waals surface area contributed by atoms with Crippen LogP contribution in [-0.2, 0) is 13.5 Å². The molecule has 1 N–H and O–H groups in total. The number of aromatic nitrogens is 2. The topological polar surface area (TPSA) is 59.4 Å². The number of aryl methyl sites for hydroxylation is 1. The first-order chi connectivity index (χ1) is 13.2. The summed E-state index contributed by atoms with van der Waals surface area (Å²) >= 11 is 1.81. The number of urea groups is 1. The molecule has 1 aromatic carbocycles. The molecule has 146 valence electrons. The number of hydrogen-bond donors (Lipinski definition) is 1. The molecule has 2 heterocycles. The zero-order valence-corrected chi connectivity index (χ0v) is 16.9. The van der Waals surface area contributed by atoms with Gasteiger partial charge < -0.3 is 19.5 Å². The molecule has 0 aliphatic carbocycles. The molecule has 1 saturated heterocycles.